The minimum Gasteiger partial charge on any atom is -0.355 e. The van der Waals surface area contributed by atoms with Gasteiger partial charge < -0.3 is 5.32 Å². The molecule has 0 saturated heterocycles. The summed E-state index contributed by atoms with van der Waals surface area (Å²) in [4.78, 5) is 12.6. The number of carbonyl (C=O) groups is 1. The SMILES string of the molecule is CCCCCNC(=O)CN1c2ccc(CC)cc2-c2ccccc2S1(=O)=O. The van der Waals surface area contributed by atoms with Crippen molar-refractivity contribution >= 4 is 21.6 Å². The molecule has 27 heavy (non-hydrogen) atoms. The van der Waals surface area contributed by atoms with E-state index in [9.17, 15) is 13.2 Å². The summed E-state index contributed by atoms with van der Waals surface area (Å²) in [6.45, 7) is 4.52. The van der Waals surface area contributed by atoms with Gasteiger partial charge in [0.25, 0.3) is 10.0 Å². The molecule has 3 rings (SSSR count). The van der Waals surface area contributed by atoms with Crippen LogP contribution in [0.25, 0.3) is 11.1 Å². The summed E-state index contributed by atoms with van der Waals surface area (Å²) < 4.78 is 27.6. The molecule has 2 aromatic rings. The third-order valence-corrected chi connectivity index (χ3v) is 6.69. The number of aryl methyl sites for hydroxylation is 1. The zero-order valence-corrected chi connectivity index (χ0v) is 16.7. The molecular weight excluding hydrogens is 360 g/mol. The molecule has 0 unspecified atom stereocenters. The van der Waals surface area contributed by atoms with Crippen LogP contribution in [0.2, 0.25) is 0 Å². The Morgan fingerprint density at radius 2 is 1.81 bits per heavy atom. The van der Waals surface area contributed by atoms with Crippen molar-refractivity contribution < 1.29 is 13.2 Å². The van der Waals surface area contributed by atoms with E-state index < -0.39 is 10.0 Å². The highest BCUT2D eigenvalue weighted by molar-refractivity contribution is 7.93. The number of amides is 1. The topological polar surface area (TPSA) is 66.5 Å². The summed E-state index contributed by atoms with van der Waals surface area (Å²) in [6, 6.07) is 12.8. The van der Waals surface area contributed by atoms with E-state index in [4.69, 9.17) is 0 Å². The molecule has 5 nitrogen and oxygen atoms in total. The van der Waals surface area contributed by atoms with Gasteiger partial charge in [0, 0.05) is 17.7 Å². The molecule has 0 bridgehead atoms. The Hall–Kier alpha value is -2.34. The maximum absolute atomic E-state index is 13.2. The van der Waals surface area contributed by atoms with Crippen molar-refractivity contribution in [2.45, 2.75) is 44.4 Å². The van der Waals surface area contributed by atoms with Crippen LogP contribution < -0.4 is 9.62 Å². The Morgan fingerprint density at radius 3 is 2.56 bits per heavy atom. The summed E-state index contributed by atoms with van der Waals surface area (Å²) in [6.07, 6.45) is 3.87. The van der Waals surface area contributed by atoms with Crippen molar-refractivity contribution in [1.82, 2.24) is 5.32 Å². The fourth-order valence-corrected chi connectivity index (χ4v) is 5.01. The molecule has 0 aromatic heterocycles. The molecule has 1 amide bonds. The van der Waals surface area contributed by atoms with Crippen LogP contribution in [0.1, 0.15) is 38.7 Å². The van der Waals surface area contributed by atoms with Gasteiger partial charge in [-0.15, -0.1) is 0 Å². The fraction of sp³-hybridized carbons (Fsp3) is 0.381. The van der Waals surface area contributed by atoms with Crippen molar-refractivity contribution in [1.29, 1.82) is 0 Å². The van der Waals surface area contributed by atoms with E-state index in [0.717, 1.165) is 36.8 Å². The average molecular weight is 387 g/mol. The second-order valence-electron chi connectivity index (χ2n) is 6.77. The first-order valence-electron chi connectivity index (χ1n) is 9.50. The molecular formula is C21H26N2O3S. The van der Waals surface area contributed by atoms with Gasteiger partial charge >= 0.3 is 0 Å². The number of anilines is 1. The minimum atomic E-state index is -3.77. The molecule has 0 spiro atoms. The highest BCUT2D eigenvalue weighted by Gasteiger charge is 2.35. The van der Waals surface area contributed by atoms with Crippen LogP contribution in [0, 0.1) is 0 Å². The number of nitrogens with zero attached hydrogens (tertiary/aromatic N) is 1. The van der Waals surface area contributed by atoms with E-state index in [1.54, 1.807) is 12.1 Å². The standard InChI is InChI=1S/C21H26N2O3S/c1-3-5-8-13-22-21(24)15-23-19-12-11-16(4-2)14-18(19)17-9-6-7-10-20(17)27(23,25)26/h6-7,9-12,14H,3-5,8,13,15H2,1-2H3,(H,22,24). The van der Waals surface area contributed by atoms with Gasteiger partial charge in [-0.3, -0.25) is 9.10 Å². The second-order valence-corrected chi connectivity index (χ2v) is 8.60. The number of benzene rings is 2. The first-order valence-corrected chi connectivity index (χ1v) is 10.9. The number of hydrogen-bond acceptors (Lipinski definition) is 3. The van der Waals surface area contributed by atoms with Gasteiger partial charge in [-0.1, -0.05) is 51.0 Å². The Kier molecular flexibility index (Phi) is 5.85. The lowest BCUT2D eigenvalue weighted by Gasteiger charge is -2.32. The molecule has 0 aliphatic carbocycles. The molecule has 2 aromatic carbocycles. The number of hydrogen-bond donors (Lipinski definition) is 1. The quantitative estimate of drug-likeness (QED) is 0.737. The molecule has 1 N–H and O–H groups in total. The van der Waals surface area contributed by atoms with Crippen molar-refractivity contribution in [3.63, 3.8) is 0 Å². The van der Waals surface area contributed by atoms with Gasteiger partial charge in [-0.25, -0.2) is 8.42 Å². The molecule has 144 valence electrons. The highest BCUT2D eigenvalue weighted by Crippen LogP contribution is 2.43. The largest absolute Gasteiger partial charge is 0.355 e. The first kappa shape index (κ1) is 19.4. The number of unbranched alkanes of at least 4 members (excludes halogenated alkanes) is 2. The third kappa shape index (κ3) is 3.86. The molecule has 1 aliphatic rings. The Morgan fingerprint density at radius 1 is 1.04 bits per heavy atom. The van der Waals surface area contributed by atoms with Crippen LogP contribution in [-0.2, 0) is 21.2 Å². The lowest BCUT2D eigenvalue weighted by atomic mass is 9.99. The zero-order chi connectivity index (χ0) is 19.4. The number of sulfonamides is 1. The monoisotopic (exact) mass is 386 g/mol. The molecule has 0 fully saturated rings. The van der Waals surface area contributed by atoms with Crippen LogP contribution in [0.4, 0.5) is 5.69 Å². The van der Waals surface area contributed by atoms with Gasteiger partial charge in [0.05, 0.1) is 10.6 Å². The maximum Gasteiger partial charge on any atom is 0.265 e. The lowest BCUT2D eigenvalue weighted by Crippen LogP contribution is -2.42. The van der Waals surface area contributed by atoms with Crippen molar-refractivity contribution in [2.24, 2.45) is 0 Å². The number of nitrogens with one attached hydrogen (secondary N) is 1. The van der Waals surface area contributed by atoms with Crippen LogP contribution >= 0.6 is 0 Å². The second kappa shape index (κ2) is 8.13. The van der Waals surface area contributed by atoms with E-state index in [1.807, 2.05) is 30.3 Å². The minimum absolute atomic E-state index is 0.207. The lowest BCUT2D eigenvalue weighted by molar-refractivity contribution is -0.119. The molecule has 6 heteroatoms. The first-order chi connectivity index (χ1) is 13.0. The molecule has 0 atom stereocenters. The normalized spacial score (nSPS) is 14.4. The van der Waals surface area contributed by atoms with Crippen molar-refractivity contribution in [2.75, 3.05) is 17.4 Å². The van der Waals surface area contributed by atoms with Gasteiger partial charge in [0.1, 0.15) is 6.54 Å². The summed E-state index contributed by atoms with van der Waals surface area (Å²) >= 11 is 0. The van der Waals surface area contributed by atoms with Crippen LogP contribution in [0.3, 0.4) is 0 Å². The molecule has 1 aliphatic heterocycles. The predicted molar refractivity (Wildman–Crippen MR) is 108 cm³/mol. The van der Waals surface area contributed by atoms with E-state index in [1.165, 1.54) is 4.31 Å². The van der Waals surface area contributed by atoms with Crippen molar-refractivity contribution in [3.05, 3.63) is 48.0 Å². The van der Waals surface area contributed by atoms with Crippen LogP contribution in [-0.4, -0.2) is 27.4 Å². The van der Waals surface area contributed by atoms with Gasteiger partial charge in [0.15, 0.2) is 0 Å². The Bertz CT molecular complexity index is 938. The van der Waals surface area contributed by atoms with E-state index >= 15 is 0 Å². The fourth-order valence-electron chi connectivity index (χ4n) is 3.36. The molecule has 1 heterocycles. The summed E-state index contributed by atoms with van der Waals surface area (Å²) in [5.74, 6) is -0.278. The predicted octanol–water partition coefficient (Wildman–Crippen LogP) is 3.73. The highest BCUT2D eigenvalue weighted by atomic mass is 32.2. The summed E-state index contributed by atoms with van der Waals surface area (Å²) in [5.41, 5.74) is 3.25. The van der Waals surface area contributed by atoms with Crippen LogP contribution in [0.15, 0.2) is 47.4 Å². The Balaban J connectivity index is 1.96. The van der Waals surface area contributed by atoms with Crippen molar-refractivity contribution in [3.8, 4) is 11.1 Å². The number of rotatable bonds is 7. The maximum atomic E-state index is 13.2. The summed E-state index contributed by atoms with van der Waals surface area (Å²) in [5, 5.41) is 2.83. The van der Waals surface area contributed by atoms with E-state index in [-0.39, 0.29) is 17.3 Å². The Labute approximate surface area is 161 Å². The smallest absolute Gasteiger partial charge is 0.265 e. The van der Waals surface area contributed by atoms with Crippen LogP contribution in [0.5, 0.6) is 0 Å². The third-order valence-electron chi connectivity index (χ3n) is 4.87. The average Bonchev–Trinajstić information content (AvgIpc) is 2.68. The van der Waals surface area contributed by atoms with Gasteiger partial charge in [-0.2, -0.15) is 0 Å². The number of carbonyl (C=O) groups excluding carboxylic acids is 1. The zero-order valence-electron chi connectivity index (χ0n) is 15.9. The molecule has 0 saturated carbocycles. The van der Waals surface area contributed by atoms with Gasteiger partial charge in [0.2, 0.25) is 5.91 Å². The van der Waals surface area contributed by atoms with E-state index in [2.05, 4.69) is 19.2 Å². The summed E-state index contributed by atoms with van der Waals surface area (Å²) in [7, 11) is -3.77. The molecule has 0 radical (unpaired) electrons. The van der Waals surface area contributed by atoms with E-state index in [0.29, 0.717) is 17.8 Å². The van der Waals surface area contributed by atoms with Gasteiger partial charge in [-0.05, 0) is 36.6 Å². The number of fused-ring (bicyclic) bond motifs is 3.